The number of hydrogen-bond acceptors (Lipinski definition) is 6. The Bertz CT molecular complexity index is 469. The first-order chi connectivity index (χ1) is 11.4. The molecule has 1 aliphatic rings. The second-order valence-corrected chi connectivity index (χ2v) is 8.10. The van der Waals surface area contributed by atoms with Gasteiger partial charge in [0.2, 0.25) is 0 Å². The number of carbonyl (C=O) groups is 2. The van der Waals surface area contributed by atoms with Crippen LogP contribution in [0.5, 0.6) is 0 Å². The Morgan fingerprint density at radius 3 is 2.36 bits per heavy atom. The average molecular weight is 359 g/mol. The van der Waals surface area contributed by atoms with Gasteiger partial charge in [-0.2, -0.15) is 0 Å². The van der Waals surface area contributed by atoms with Gasteiger partial charge in [-0.1, -0.05) is 13.8 Å². The summed E-state index contributed by atoms with van der Waals surface area (Å²) in [6.07, 6.45) is -0.631. The Balaban J connectivity index is 3.02. The molecule has 146 valence electrons. The quantitative estimate of drug-likeness (QED) is 0.703. The Hall–Kier alpha value is -1.34. The maximum atomic E-state index is 12.7. The minimum atomic E-state index is -0.715. The van der Waals surface area contributed by atoms with Crippen molar-refractivity contribution in [1.29, 1.82) is 0 Å². The summed E-state index contributed by atoms with van der Waals surface area (Å²) in [5.74, 6) is -0.934. The van der Waals surface area contributed by atoms with E-state index in [0.29, 0.717) is 6.61 Å². The maximum absolute atomic E-state index is 12.7. The number of carbonyl (C=O) groups excluding carboxylic acids is 2. The predicted molar refractivity (Wildman–Crippen MR) is 93.1 cm³/mol. The van der Waals surface area contributed by atoms with Gasteiger partial charge < -0.3 is 18.9 Å². The lowest BCUT2D eigenvalue weighted by Crippen LogP contribution is -2.60. The monoisotopic (exact) mass is 359 g/mol. The van der Waals surface area contributed by atoms with Crippen molar-refractivity contribution in [2.24, 2.45) is 5.92 Å². The van der Waals surface area contributed by atoms with Gasteiger partial charge in [0.1, 0.15) is 5.60 Å². The van der Waals surface area contributed by atoms with Crippen LogP contribution < -0.4 is 0 Å². The molecule has 0 aromatic carbocycles. The molecule has 0 unspecified atom stereocenters. The molecular weight excluding hydrogens is 326 g/mol. The highest BCUT2D eigenvalue weighted by Gasteiger charge is 2.43. The van der Waals surface area contributed by atoms with Crippen LogP contribution in [0.3, 0.4) is 0 Å². The van der Waals surface area contributed by atoms with E-state index >= 15 is 0 Å². The molecule has 0 N–H and O–H groups in total. The Kier molecular flexibility index (Phi) is 7.26. The molecule has 0 aromatic rings. The second kappa shape index (κ2) is 8.36. The molecule has 1 aliphatic heterocycles. The minimum Gasteiger partial charge on any atom is -0.469 e. The molecule has 0 aromatic heterocycles. The zero-order valence-corrected chi connectivity index (χ0v) is 16.8. The summed E-state index contributed by atoms with van der Waals surface area (Å²) in [5.41, 5.74) is -0.635. The third-order valence-corrected chi connectivity index (χ3v) is 3.87. The number of methoxy groups -OCH3 is 1. The number of esters is 1. The largest absolute Gasteiger partial charge is 0.469 e. The summed E-state index contributed by atoms with van der Waals surface area (Å²) < 4.78 is 22.0. The molecule has 1 fully saturated rings. The normalized spacial score (nSPS) is 23.2. The number of ether oxygens (including phenoxy) is 4. The smallest absolute Gasteiger partial charge is 0.410 e. The van der Waals surface area contributed by atoms with E-state index < -0.39 is 17.5 Å². The molecule has 1 rings (SSSR count). The van der Waals surface area contributed by atoms with Gasteiger partial charge in [-0.25, -0.2) is 4.79 Å². The van der Waals surface area contributed by atoms with Crippen LogP contribution in [0.4, 0.5) is 4.79 Å². The van der Waals surface area contributed by atoms with Gasteiger partial charge in [0, 0.05) is 6.54 Å². The topological polar surface area (TPSA) is 74.3 Å². The molecule has 1 saturated heterocycles. The highest BCUT2D eigenvalue weighted by atomic mass is 16.7. The first kappa shape index (κ1) is 21.7. The summed E-state index contributed by atoms with van der Waals surface area (Å²) in [6, 6.07) is -0.340. The minimum absolute atomic E-state index is 0.0838. The van der Waals surface area contributed by atoms with E-state index in [-0.39, 0.29) is 37.0 Å². The van der Waals surface area contributed by atoms with Crippen molar-refractivity contribution in [2.75, 3.05) is 20.3 Å². The lowest BCUT2D eigenvalue weighted by Gasteiger charge is -2.46. The molecule has 25 heavy (non-hydrogen) atoms. The van der Waals surface area contributed by atoms with Gasteiger partial charge >= 0.3 is 12.1 Å². The molecule has 7 nitrogen and oxygen atoms in total. The van der Waals surface area contributed by atoms with Crippen molar-refractivity contribution in [2.45, 2.75) is 78.4 Å². The zero-order chi connectivity index (χ0) is 19.4. The molecule has 7 heteroatoms. The van der Waals surface area contributed by atoms with Gasteiger partial charge in [0.15, 0.2) is 5.79 Å². The molecule has 0 saturated carbocycles. The number of rotatable bonds is 5. The number of amides is 1. The molecule has 1 amide bonds. The Morgan fingerprint density at radius 1 is 1.28 bits per heavy atom. The van der Waals surface area contributed by atoms with E-state index in [9.17, 15) is 9.59 Å². The fourth-order valence-electron chi connectivity index (χ4n) is 2.70. The predicted octanol–water partition coefficient (Wildman–Crippen LogP) is 2.96. The van der Waals surface area contributed by atoms with Crippen LogP contribution in [0.25, 0.3) is 0 Å². The van der Waals surface area contributed by atoms with E-state index in [0.717, 1.165) is 0 Å². The van der Waals surface area contributed by atoms with Gasteiger partial charge in [-0.3, -0.25) is 9.69 Å². The van der Waals surface area contributed by atoms with Gasteiger partial charge in [0.25, 0.3) is 0 Å². The van der Waals surface area contributed by atoms with E-state index in [1.807, 2.05) is 27.7 Å². The standard InChI is InChI=1S/C18H33NO6/c1-12(2)15-13(11-23-18(6,7)24-15)19(10-9-14(20)22-8)16(21)25-17(3,4)5/h12-13,15H,9-11H2,1-8H3/t13-,15+/m1/s1. The third kappa shape index (κ3) is 6.82. The Labute approximate surface area is 150 Å². The first-order valence-corrected chi connectivity index (χ1v) is 8.74. The molecule has 0 aliphatic carbocycles. The van der Waals surface area contributed by atoms with Crippen molar-refractivity contribution in [3.8, 4) is 0 Å². The molecule has 2 atom stereocenters. The average Bonchev–Trinajstić information content (AvgIpc) is 2.45. The van der Waals surface area contributed by atoms with Crippen molar-refractivity contribution < 1.29 is 28.5 Å². The van der Waals surface area contributed by atoms with Crippen LogP contribution >= 0.6 is 0 Å². The SMILES string of the molecule is COC(=O)CCN(C(=O)OC(C)(C)C)[C@@H]1COC(C)(C)O[C@H]1C(C)C. The summed E-state index contributed by atoms with van der Waals surface area (Å²) in [5, 5.41) is 0. The van der Waals surface area contributed by atoms with E-state index in [1.54, 1.807) is 20.8 Å². The molecule has 1 heterocycles. The van der Waals surface area contributed by atoms with Crippen LogP contribution in [0, 0.1) is 5.92 Å². The van der Waals surface area contributed by atoms with Gasteiger partial charge in [-0.15, -0.1) is 0 Å². The maximum Gasteiger partial charge on any atom is 0.410 e. The van der Waals surface area contributed by atoms with Crippen LogP contribution in [0.2, 0.25) is 0 Å². The molecule has 0 radical (unpaired) electrons. The van der Waals surface area contributed by atoms with Crippen molar-refractivity contribution in [1.82, 2.24) is 4.90 Å². The second-order valence-electron chi connectivity index (χ2n) is 8.10. The van der Waals surface area contributed by atoms with Crippen molar-refractivity contribution in [3.05, 3.63) is 0 Å². The molecule has 0 bridgehead atoms. The molecule has 0 spiro atoms. The van der Waals surface area contributed by atoms with Crippen LogP contribution in [0.15, 0.2) is 0 Å². The molecular formula is C18H33NO6. The highest BCUT2D eigenvalue weighted by Crippen LogP contribution is 2.30. The lowest BCUT2D eigenvalue weighted by molar-refractivity contribution is -0.299. The van der Waals surface area contributed by atoms with Crippen molar-refractivity contribution >= 4 is 12.1 Å². The summed E-state index contributed by atoms with van der Waals surface area (Å²) in [7, 11) is 1.33. The zero-order valence-electron chi connectivity index (χ0n) is 16.8. The van der Waals surface area contributed by atoms with Crippen LogP contribution in [-0.4, -0.2) is 60.8 Å². The Morgan fingerprint density at radius 2 is 1.88 bits per heavy atom. The van der Waals surface area contributed by atoms with E-state index in [4.69, 9.17) is 18.9 Å². The highest BCUT2D eigenvalue weighted by molar-refractivity contribution is 5.72. The summed E-state index contributed by atoms with van der Waals surface area (Å²) in [4.78, 5) is 25.8. The number of hydrogen-bond donors (Lipinski definition) is 0. The fourth-order valence-corrected chi connectivity index (χ4v) is 2.70. The van der Waals surface area contributed by atoms with E-state index in [2.05, 4.69) is 0 Å². The summed E-state index contributed by atoms with van der Waals surface area (Å²) in [6.45, 7) is 13.7. The van der Waals surface area contributed by atoms with Crippen LogP contribution in [0.1, 0.15) is 54.9 Å². The first-order valence-electron chi connectivity index (χ1n) is 8.74. The van der Waals surface area contributed by atoms with Crippen molar-refractivity contribution in [3.63, 3.8) is 0 Å². The van der Waals surface area contributed by atoms with Crippen LogP contribution in [-0.2, 0) is 23.7 Å². The third-order valence-electron chi connectivity index (χ3n) is 3.87. The van der Waals surface area contributed by atoms with Gasteiger partial charge in [0.05, 0.1) is 32.3 Å². The number of nitrogens with zero attached hydrogens (tertiary/aromatic N) is 1. The summed E-state index contributed by atoms with van der Waals surface area (Å²) >= 11 is 0. The lowest BCUT2D eigenvalue weighted by atomic mass is 9.96. The fraction of sp³-hybridized carbons (Fsp3) is 0.889. The van der Waals surface area contributed by atoms with E-state index in [1.165, 1.54) is 12.0 Å². The van der Waals surface area contributed by atoms with Gasteiger partial charge in [-0.05, 0) is 40.5 Å².